The molecule has 0 saturated carbocycles. The Morgan fingerprint density at radius 1 is 0.850 bits per heavy atom. The van der Waals surface area contributed by atoms with E-state index in [0.29, 0.717) is 16.8 Å². The lowest BCUT2D eigenvalue weighted by Crippen LogP contribution is -2.19. The van der Waals surface area contributed by atoms with Crippen LogP contribution in [0.15, 0.2) is 48.5 Å². The number of carbonyl (C=O) groups excluding carboxylic acids is 2. The van der Waals surface area contributed by atoms with E-state index in [1.807, 2.05) is 0 Å². The first-order valence-electron chi connectivity index (χ1n) is 5.81. The van der Waals surface area contributed by atoms with Gasteiger partial charge in [-0.3, -0.25) is 4.79 Å². The van der Waals surface area contributed by atoms with Gasteiger partial charge in [0.1, 0.15) is 0 Å². The fourth-order valence-electron chi connectivity index (χ4n) is 1.71. The van der Waals surface area contributed by atoms with E-state index in [0.717, 1.165) is 5.69 Å². The summed E-state index contributed by atoms with van der Waals surface area (Å²) < 4.78 is 2.69. The van der Waals surface area contributed by atoms with Gasteiger partial charge in [0.25, 0.3) is 0 Å². The molecule has 5 nitrogen and oxygen atoms in total. The normalized spacial score (nSPS) is 9.85. The predicted octanol–water partition coefficient (Wildman–Crippen LogP) is 2.66. The van der Waals surface area contributed by atoms with Gasteiger partial charge in [0, 0.05) is 22.5 Å². The highest BCUT2D eigenvalue weighted by atomic mass is 32.1. The monoisotopic (exact) mass is 287 g/mol. The molecule has 0 aromatic heterocycles. The SMILES string of the molecule is NC(=O)Nc1ccc(C(=O)c2ccc(NS)cc2)cc1. The number of nitrogens with one attached hydrogen (secondary N) is 2. The van der Waals surface area contributed by atoms with Crippen molar-refractivity contribution < 1.29 is 9.59 Å². The van der Waals surface area contributed by atoms with Gasteiger partial charge < -0.3 is 15.8 Å². The Balaban J connectivity index is 2.17. The molecule has 102 valence electrons. The first kappa shape index (κ1) is 14.0. The number of primary amides is 1. The second-order valence-electron chi connectivity index (χ2n) is 4.08. The Morgan fingerprint density at radius 3 is 1.70 bits per heavy atom. The van der Waals surface area contributed by atoms with Crippen LogP contribution >= 0.6 is 12.8 Å². The summed E-state index contributed by atoms with van der Waals surface area (Å²) in [7, 11) is 0. The third-order valence-electron chi connectivity index (χ3n) is 2.69. The lowest BCUT2D eigenvalue weighted by Gasteiger charge is -2.05. The average molecular weight is 287 g/mol. The summed E-state index contributed by atoms with van der Waals surface area (Å²) in [4.78, 5) is 22.9. The van der Waals surface area contributed by atoms with Gasteiger partial charge in [0.2, 0.25) is 0 Å². The van der Waals surface area contributed by atoms with Crippen molar-refractivity contribution in [1.82, 2.24) is 0 Å². The van der Waals surface area contributed by atoms with Crippen molar-refractivity contribution in [1.29, 1.82) is 0 Å². The Kier molecular flexibility index (Phi) is 4.27. The van der Waals surface area contributed by atoms with Crippen molar-refractivity contribution in [3.8, 4) is 0 Å². The van der Waals surface area contributed by atoms with E-state index < -0.39 is 6.03 Å². The number of urea groups is 1. The van der Waals surface area contributed by atoms with Crippen LogP contribution in [0.25, 0.3) is 0 Å². The quantitative estimate of drug-likeness (QED) is 0.515. The van der Waals surface area contributed by atoms with Crippen LogP contribution in [0.3, 0.4) is 0 Å². The van der Waals surface area contributed by atoms with E-state index in [4.69, 9.17) is 5.73 Å². The molecule has 0 aliphatic rings. The zero-order valence-corrected chi connectivity index (χ0v) is 11.4. The Morgan fingerprint density at radius 2 is 1.30 bits per heavy atom. The highest BCUT2D eigenvalue weighted by molar-refractivity contribution is 7.81. The fraction of sp³-hybridized carbons (Fsp3) is 0. The van der Waals surface area contributed by atoms with Crippen molar-refractivity contribution in [2.24, 2.45) is 5.73 Å². The number of thiol groups is 1. The van der Waals surface area contributed by atoms with Crippen LogP contribution in [0.2, 0.25) is 0 Å². The molecule has 2 rings (SSSR count). The summed E-state index contributed by atoms with van der Waals surface area (Å²) in [6.07, 6.45) is 0. The molecule has 0 unspecified atom stereocenters. The van der Waals surface area contributed by atoms with Crippen LogP contribution < -0.4 is 15.8 Å². The molecule has 0 saturated heterocycles. The number of rotatable bonds is 4. The molecule has 0 fully saturated rings. The highest BCUT2D eigenvalue weighted by Gasteiger charge is 2.09. The standard InChI is InChI=1S/C14H13N3O2S/c15-14(19)16-11-5-1-9(2-6-11)13(18)10-3-7-12(17-20)8-4-10/h1-8,17,20H,(H3,15,16,19). The first-order valence-corrected chi connectivity index (χ1v) is 6.26. The third-order valence-corrected chi connectivity index (χ3v) is 2.95. The van der Waals surface area contributed by atoms with Crippen molar-refractivity contribution in [3.05, 3.63) is 59.7 Å². The molecular weight excluding hydrogens is 274 g/mol. The average Bonchev–Trinajstić information content (AvgIpc) is 2.47. The van der Waals surface area contributed by atoms with Crippen molar-refractivity contribution in [3.63, 3.8) is 0 Å². The van der Waals surface area contributed by atoms with Crippen LogP contribution in [0.5, 0.6) is 0 Å². The molecule has 20 heavy (non-hydrogen) atoms. The molecular formula is C14H13N3O2S. The van der Waals surface area contributed by atoms with Gasteiger partial charge in [-0.15, -0.1) is 0 Å². The number of carbonyl (C=O) groups is 2. The maximum atomic E-state index is 12.2. The largest absolute Gasteiger partial charge is 0.351 e. The Hall–Kier alpha value is -2.47. The minimum absolute atomic E-state index is 0.0960. The molecule has 0 heterocycles. The summed E-state index contributed by atoms with van der Waals surface area (Å²) in [6.45, 7) is 0. The van der Waals surface area contributed by atoms with Crippen molar-refractivity contribution in [2.45, 2.75) is 0 Å². The van der Waals surface area contributed by atoms with Crippen molar-refractivity contribution in [2.75, 3.05) is 10.0 Å². The zero-order chi connectivity index (χ0) is 14.5. The topological polar surface area (TPSA) is 84.2 Å². The van der Waals surface area contributed by atoms with Gasteiger partial charge in [-0.1, -0.05) is 12.8 Å². The molecule has 0 radical (unpaired) electrons. The van der Waals surface area contributed by atoms with Gasteiger partial charge in [-0.2, -0.15) is 0 Å². The molecule has 4 N–H and O–H groups in total. The smallest absolute Gasteiger partial charge is 0.316 e. The Labute approximate surface area is 121 Å². The fourth-order valence-corrected chi connectivity index (χ4v) is 1.86. The van der Waals surface area contributed by atoms with Crippen LogP contribution in [0.4, 0.5) is 16.2 Å². The first-order chi connectivity index (χ1) is 9.60. The van der Waals surface area contributed by atoms with E-state index in [1.54, 1.807) is 48.5 Å². The maximum absolute atomic E-state index is 12.2. The maximum Gasteiger partial charge on any atom is 0.316 e. The molecule has 0 aliphatic heterocycles. The zero-order valence-electron chi connectivity index (χ0n) is 10.5. The summed E-state index contributed by atoms with van der Waals surface area (Å²) in [5.74, 6) is -0.0960. The van der Waals surface area contributed by atoms with E-state index in [9.17, 15) is 9.59 Å². The molecule has 2 aromatic carbocycles. The number of benzene rings is 2. The van der Waals surface area contributed by atoms with Gasteiger partial charge in [-0.25, -0.2) is 4.79 Å². The minimum Gasteiger partial charge on any atom is -0.351 e. The van der Waals surface area contributed by atoms with Crippen LogP contribution in [0.1, 0.15) is 15.9 Å². The van der Waals surface area contributed by atoms with E-state index >= 15 is 0 Å². The number of hydrogen-bond donors (Lipinski definition) is 4. The van der Waals surface area contributed by atoms with Gasteiger partial charge in [-0.05, 0) is 48.5 Å². The minimum atomic E-state index is -0.640. The number of amides is 2. The number of hydrogen-bond acceptors (Lipinski definition) is 4. The summed E-state index contributed by atoms with van der Waals surface area (Å²) in [6, 6.07) is 12.9. The lowest BCUT2D eigenvalue weighted by atomic mass is 10.0. The summed E-state index contributed by atoms with van der Waals surface area (Å²) >= 11 is 3.92. The summed E-state index contributed by atoms with van der Waals surface area (Å²) in [5, 5.41) is 2.44. The molecule has 0 spiro atoms. The molecule has 0 atom stereocenters. The van der Waals surface area contributed by atoms with Gasteiger partial charge >= 0.3 is 6.03 Å². The van der Waals surface area contributed by atoms with Crippen molar-refractivity contribution >= 4 is 36.0 Å². The van der Waals surface area contributed by atoms with E-state index in [-0.39, 0.29) is 5.78 Å². The number of ketones is 1. The van der Waals surface area contributed by atoms with Gasteiger partial charge in [0.05, 0.1) is 0 Å². The molecule has 0 bridgehead atoms. The number of nitrogens with two attached hydrogens (primary N) is 1. The van der Waals surface area contributed by atoms with Crippen LogP contribution in [-0.2, 0) is 0 Å². The number of anilines is 2. The molecule has 2 aromatic rings. The third kappa shape index (κ3) is 3.30. The second kappa shape index (κ2) is 6.12. The van der Waals surface area contributed by atoms with E-state index in [1.165, 1.54) is 0 Å². The van der Waals surface area contributed by atoms with Gasteiger partial charge in [0.15, 0.2) is 5.78 Å². The van der Waals surface area contributed by atoms with Crippen LogP contribution in [0, 0.1) is 0 Å². The van der Waals surface area contributed by atoms with E-state index in [2.05, 4.69) is 22.9 Å². The predicted molar refractivity (Wildman–Crippen MR) is 82.1 cm³/mol. The molecule has 2 amide bonds. The highest BCUT2D eigenvalue weighted by Crippen LogP contribution is 2.16. The molecule has 0 aliphatic carbocycles. The lowest BCUT2D eigenvalue weighted by molar-refractivity contribution is 0.103. The second-order valence-corrected chi connectivity index (χ2v) is 4.31. The summed E-state index contributed by atoms with van der Waals surface area (Å²) in [5.41, 5.74) is 7.48. The van der Waals surface area contributed by atoms with Crippen LogP contribution in [-0.4, -0.2) is 11.8 Å². The Bertz CT molecular complexity index is 624. The molecule has 6 heteroatoms.